The molecule has 0 N–H and O–H groups in total. The highest BCUT2D eigenvalue weighted by Gasteiger charge is 2.13. The molecule has 0 radical (unpaired) electrons. The van der Waals surface area contributed by atoms with Crippen molar-refractivity contribution in [3.05, 3.63) is 47.1 Å². The summed E-state index contributed by atoms with van der Waals surface area (Å²) in [6.45, 7) is 0.512. The monoisotopic (exact) mass is 266 g/mol. The Labute approximate surface area is 108 Å². The van der Waals surface area contributed by atoms with Crippen LogP contribution in [0.2, 0.25) is 0 Å². The van der Waals surface area contributed by atoms with Crippen molar-refractivity contribution in [2.75, 3.05) is 0 Å². The van der Waals surface area contributed by atoms with Crippen LogP contribution in [0.15, 0.2) is 30.5 Å². The molecule has 0 fully saturated rings. The van der Waals surface area contributed by atoms with Crippen molar-refractivity contribution < 1.29 is 18.2 Å². The van der Waals surface area contributed by atoms with Gasteiger partial charge in [0.2, 0.25) is 11.9 Å². The Bertz CT molecular complexity index is 586. The lowest BCUT2D eigenvalue weighted by Gasteiger charge is -2.08. The molecule has 0 aliphatic rings. The Balaban J connectivity index is 2.37. The summed E-state index contributed by atoms with van der Waals surface area (Å²) in [7, 11) is 0. The second-order valence-electron chi connectivity index (χ2n) is 4.04. The molecule has 1 heterocycles. The zero-order valence-corrected chi connectivity index (χ0v) is 10.4. The summed E-state index contributed by atoms with van der Waals surface area (Å²) in [5.41, 5.74) is 2.24. The second-order valence-corrected chi connectivity index (χ2v) is 4.04. The molecule has 0 amide bonds. The number of alkyl halides is 2. The third-order valence-corrected chi connectivity index (χ3v) is 2.62. The van der Waals surface area contributed by atoms with Gasteiger partial charge in [0, 0.05) is 12.5 Å². The molecule has 0 atom stereocenters. The number of rotatable bonds is 3. The van der Waals surface area contributed by atoms with Crippen LogP contribution in [0.25, 0.3) is 11.3 Å². The number of halogens is 2. The van der Waals surface area contributed by atoms with Crippen LogP contribution in [0.5, 0.6) is 5.75 Å². The smallest absolute Gasteiger partial charge is 0.387 e. The highest BCUT2D eigenvalue weighted by Crippen LogP contribution is 2.23. The first kappa shape index (κ1) is 13.2. The van der Waals surface area contributed by atoms with Gasteiger partial charge in [-0.25, -0.2) is 4.98 Å². The van der Waals surface area contributed by atoms with E-state index >= 15 is 0 Å². The molecular weight excluding hydrogens is 254 g/mol. The van der Waals surface area contributed by atoms with Gasteiger partial charge in [0.05, 0.1) is 0 Å². The van der Waals surface area contributed by atoms with Crippen LogP contribution in [-0.2, 0) is 0 Å². The highest BCUT2D eigenvalue weighted by molar-refractivity contribution is 5.61. The minimum Gasteiger partial charge on any atom is -0.618 e. The van der Waals surface area contributed by atoms with Crippen LogP contribution >= 0.6 is 0 Å². The fraction of sp³-hybridized carbons (Fsp3) is 0.231. The summed E-state index contributed by atoms with van der Waals surface area (Å²) in [5, 5.41) is 11.6. The molecule has 1 aromatic heterocycles. The van der Waals surface area contributed by atoms with E-state index in [1.807, 2.05) is 0 Å². The van der Waals surface area contributed by atoms with Crippen molar-refractivity contribution in [3.63, 3.8) is 0 Å². The molecule has 6 heteroatoms. The van der Waals surface area contributed by atoms with Crippen LogP contribution in [-0.4, -0.2) is 11.6 Å². The van der Waals surface area contributed by atoms with Gasteiger partial charge in [-0.3, -0.25) is 0 Å². The van der Waals surface area contributed by atoms with Crippen molar-refractivity contribution in [2.24, 2.45) is 0 Å². The van der Waals surface area contributed by atoms with Crippen LogP contribution in [0.3, 0.4) is 0 Å². The molecule has 0 saturated carbocycles. The Kier molecular flexibility index (Phi) is 3.59. The summed E-state index contributed by atoms with van der Waals surface area (Å²) in [5.74, 6) is 0.0686. The molecule has 0 aliphatic heterocycles. The van der Waals surface area contributed by atoms with E-state index < -0.39 is 6.61 Å². The van der Waals surface area contributed by atoms with E-state index in [1.54, 1.807) is 26.0 Å². The largest absolute Gasteiger partial charge is 0.618 e. The van der Waals surface area contributed by atoms with E-state index in [0.717, 1.165) is 4.73 Å². The standard InChI is InChI=1S/C13H12F2N2O2/c1-8-7-17(18)9(2)12(16-8)10-3-5-11(6-4-10)19-13(14)15/h3-7,13H,1-2H3. The van der Waals surface area contributed by atoms with Crippen LogP contribution in [0.4, 0.5) is 8.78 Å². The average molecular weight is 266 g/mol. The van der Waals surface area contributed by atoms with Gasteiger partial charge in [0.15, 0.2) is 0 Å². The first-order chi connectivity index (χ1) is 8.97. The van der Waals surface area contributed by atoms with Gasteiger partial charge in [0.1, 0.15) is 17.1 Å². The van der Waals surface area contributed by atoms with Gasteiger partial charge in [-0.05, 0) is 31.2 Å². The number of hydrogen-bond acceptors (Lipinski definition) is 3. The summed E-state index contributed by atoms with van der Waals surface area (Å²) < 4.78 is 29.1. The summed E-state index contributed by atoms with van der Waals surface area (Å²) in [6.07, 6.45) is 1.38. The highest BCUT2D eigenvalue weighted by atomic mass is 19.3. The van der Waals surface area contributed by atoms with E-state index in [-0.39, 0.29) is 5.75 Å². The third kappa shape index (κ3) is 2.96. The fourth-order valence-corrected chi connectivity index (χ4v) is 1.72. The predicted molar refractivity (Wildman–Crippen MR) is 64.7 cm³/mol. The van der Waals surface area contributed by atoms with Crippen molar-refractivity contribution in [1.29, 1.82) is 0 Å². The quantitative estimate of drug-likeness (QED) is 0.633. The summed E-state index contributed by atoms with van der Waals surface area (Å²) in [6, 6.07) is 6.01. The molecular formula is C13H12F2N2O2. The fourth-order valence-electron chi connectivity index (χ4n) is 1.72. The van der Waals surface area contributed by atoms with Crippen molar-refractivity contribution >= 4 is 0 Å². The molecule has 2 aromatic rings. The van der Waals surface area contributed by atoms with Gasteiger partial charge in [-0.2, -0.15) is 13.5 Å². The van der Waals surface area contributed by atoms with Crippen molar-refractivity contribution in [2.45, 2.75) is 20.5 Å². The van der Waals surface area contributed by atoms with E-state index in [0.29, 0.717) is 22.6 Å². The average Bonchev–Trinajstić information content (AvgIpc) is 2.34. The van der Waals surface area contributed by atoms with Crippen molar-refractivity contribution in [1.82, 2.24) is 4.98 Å². The topological polar surface area (TPSA) is 49.1 Å². The molecule has 0 saturated heterocycles. The Hall–Kier alpha value is -2.24. The SMILES string of the molecule is Cc1c[n+]([O-])c(C)c(-c2ccc(OC(F)F)cc2)n1. The van der Waals surface area contributed by atoms with Gasteiger partial charge in [0.25, 0.3) is 0 Å². The number of hydrogen-bond donors (Lipinski definition) is 0. The normalized spacial score (nSPS) is 10.8. The zero-order valence-electron chi connectivity index (χ0n) is 10.4. The van der Waals surface area contributed by atoms with E-state index in [1.165, 1.54) is 18.3 Å². The first-order valence-electron chi connectivity index (χ1n) is 5.60. The second kappa shape index (κ2) is 5.17. The van der Waals surface area contributed by atoms with Crippen LogP contribution in [0.1, 0.15) is 11.4 Å². The Morgan fingerprint density at radius 2 is 1.84 bits per heavy atom. The van der Waals surface area contributed by atoms with Gasteiger partial charge in [-0.15, -0.1) is 0 Å². The van der Waals surface area contributed by atoms with E-state index in [9.17, 15) is 14.0 Å². The Morgan fingerprint density at radius 1 is 1.21 bits per heavy atom. The van der Waals surface area contributed by atoms with Gasteiger partial charge < -0.3 is 9.94 Å². The van der Waals surface area contributed by atoms with Crippen LogP contribution in [0, 0.1) is 19.1 Å². The first-order valence-corrected chi connectivity index (χ1v) is 5.60. The summed E-state index contributed by atoms with van der Waals surface area (Å²) >= 11 is 0. The molecule has 19 heavy (non-hydrogen) atoms. The third-order valence-electron chi connectivity index (χ3n) is 2.62. The lowest BCUT2D eigenvalue weighted by molar-refractivity contribution is -0.612. The summed E-state index contributed by atoms with van der Waals surface area (Å²) in [4.78, 5) is 4.28. The number of benzene rings is 1. The molecule has 100 valence electrons. The number of aryl methyl sites for hydroxylation is 1. The van der Waals surface area contributed by atoms with E-state index in [2.05, 4.69) is 9.72 Å². The molecule has 1 aromatic carbocycles. The van der Waals surface area contributed by atoms with Gasteiger partial charge >= 0.3 is 6.61 Å². The molecule has 0 spiro atoms. The lowest BCUT2D eigenvalue weighted by Crippen LogP contribution is -2.31. The van der Waals surface area contributed by atoms with Crippen molar-refractivity contribution in [3.8, 4) is 17.0 Å². The number of ether oxygens (including phenoxy) is 1. The maximum atomic E-state index is 12.0. The van der Waals surface area contributed by atoms with E-state index in [4.69, 9.17) is 0 Å². The molecule has 0 aliphatic carbocycles. The molecule has 4 nitrogen and oxygen atoms in total. The Morgan fingerprint density at radius 3 is 2.42 bits per heavy atom. The van der Waals surface area contributed by atoms with Gasteiger partial charge in [-0.1, -0.05) is 0 Å². The number of aromatic nitrogens is 2. The van der Waals surface area contributed by atoms with Crippen LogP contribution < -0.4 is 9.47 Å². The lowest BCUT2D eigenvalue weighted by atomic mass is 10.1. The zero-order chi connectivity index (χ0) is 14.0. The minimum absolute atomic E-state index is 0.0686. The minimum atomic E-state index is -2.85. The maximum absolute atomic E-state index is 12.0. The maximum Gasteiger partial charge on any atom is 0.387 e. The molecule has 0 bridgehead atoms. The molecule has 2 rings (SSSR count). The predicted octanol–water partition coefficient (Wildman–Crippen LogP) is 2.60. The number of nitrogens with zero attached hydrogens (tertiary/aromatic N) is 2. The molecule has 0 unspecified atom stereocenters.